The molecule has 0 heterocycles. The van der Waals surface area contributed by atoms with E-state index in [4.69, 9.17) is 11.6 Å². The molecule has 0 spiro atoms. The van der Waals surface area contributed by atoms with Gasteiger partial charge in [0.15, 0.2) is 5.78 Å². The second-order valence-electron chi connectivity index (χ2n) is 5.24. The zero-order valence-corrected chi connectivity index (χ0v) is 13.2. The fraction of sp³-hybridized carbons (Fsp3) is 0.316. The van der Waals surface area contributed by atoms with Crippen LogP contribution in [0.3, 0.4) is 0 Å². The monoisotopic (exact) mass is 300 g/mol. The van der Waals surface area contributed by atoms with Gasteiger partial charge in [0.05, 0.1) is 0 Å². The lowest BCUT2D eigenvalue weighted by Crippen LogP contribution is -1.98. The van der Waals surface area contributed by atoms with E-state index in [0.717, 1.165) is 24.0 Å². The van der Waals surface area contributed by atoms with E-state index < -0.39 is 0 Å². The molecule has 0 aromatic heterocycles. The van der Waals surface area contributed by atoms with E-state index in [1.807, 2.05) is 24.3 Å². The van der Waals surface area contributed by atoms with Gasteiger partial charge in [0.2, 0.25) is 0 Å². The maximum Gasteiger partial charge on any atom is 0.162 e. The SMILES string of the molecule is CCCc1ccc(-c2ccc(C(=O)CCCCl)cc2)cc1. The number of hydrogen-bond donors (Lipinski definition) is 0. The minimum Gasteiger partial charge on any atom is -0.294 e. The van der Waals surface area contributed by atoms with Crippen molar-refractivity contribution in [2.75, 3.05) is 5.88 Å². The van der Waals surface area contributed by atoms with Gasteiger partial charge in [0, 0.05) is 17.9 Å². The summed E-state index contributed by atoms with van der Waals surface area (Å²) in [6.07, 6.45) is 3.54. The maximum absolute atomic E-state index is 11.9. The van der Waals surface area contributed by atoms with Crippen LogP contribution in [0.25, 0.3) is 11.1 Å². The molecule has 0 saturated carbocycles. The van der Waals surface area contributed by atoms with E-state index in [0.29, 0.717) is 12.3 Å². The molecule has 0 amide bonds. The van der Waals surface area contributed by atoms with Crippen molar-refractivity contribution in [3.05, 3.63) is 59.7 Å². The Hall–Kier alpha value is -1.60. The van der Waals surface area contributed by atoms with Gasteiger partial charge in [0.25, 0.3) is 0 Å². The van der Waals surface area contributed by atoms with Gasteiger partial charge in [-0.3, -0.25) is 4.79 Å². The van der Waals surface area contributed by atoms with Crippen LogP contribution in [0.5, 0.6) is 0 Å². The van der Waals surface area contributed by atoms with E-state index in [-0.39, 0.29) is 5.78 Å². The predicted octanol–water partition coefficient (Wildman–Crippen LogP) is 5.51. The average Bonchev–Trinajstić information content (AvgIpc) is 2.54. The fourth-order valence-electron chi connectivity index (χ4n) is 2.37. The Kier molecular flexibility index (Phi) is 6.01. The highest BCUT2D eigenvalue weighted by molar-refractivity contribution is 6.18. The van der Waals surface area contributed by atoms with Gasteiger partial charge in [-0.1, -0.05) is 61.9 Å². The van der Waals surface area contributed by atoms with E-state index >= 15 is 0 Å². The zero-order chi connectivity index (χ0) is 15.1. The molecule has 0 fully saturated rings. The van der Waals surface area contributed by atoms with Crippen LogP contribution in [-0.2, 0) is 6.42 Å². The first kappa shape index (κ1) is 15.8. The molecule has 0 aliphatic heterocycles. The Morgan fingerprint density at radius 3 is 2.05 bits per heavy atom. The standard InChI is InChI=1S/C19H21ClO/c1-2-4-15-6-8-16(9-7-15)17-10-12-18(13-11-17)19(21)5-3-14-20/h6-13H,2-5,14H2,1H3. The van der Waals surface area contributed by atoms with Crippen LogP contribution in [0.1, 0.15) is 42.1 Å². The molecule has 0 saturated heterocycles. The normalized spacial score (nSPS) is 10.6. The number of hydrogen-bond acceptors (Lipinski definition) is 1. The van der Waals surface area contributed by atoms with Crippen LogP contribution in [0.15, 0.2) is 48.5 Å². The molecule has 0 N–H and O–H groups in total. The summed E-state index contributed by atoms with van der Waals surface area (Å²) in [4.78, 5) is 11.9. The number of carbonyl (C=O) groups is 1. The van der Waals surface area contributed by atoms with Gasteiger partial charge in [-0.25, -0.2) is 0 Å². The summed E-state index contributed by atoms with van der Waals surface area (Å²) >= 11 is 5.62. The van der Waals surface area contributed by atoms with Gasteiger partial charge >= 0.3 is 0 Å². The number of benzene rings is 2. The van der Waals surface area contributed by atoms with Crippen molar-refractivity contribution < 1.29 is 4.79 Å². The fourth-order valence-corrected chi connectivity index (χ4v) is 2.51. The van der Waals surface area contributed by atoms with Crippen LogP contribution in [-0.4, -0.2) is 11.7 Å². The zero-order valence-electron chi connectivity index (χ0n) is 12.4. The van der Waals surface area contributed by atoms with Crippen molar-refractivity contribution >= 4 is 17.4 Å². The first-order valence-electron chi connectivity index (χ1n) is 7.53. The van der Waals surface area contributed by atoms with Crippen molar-refractivity contribution in [1.82, 2.24) is 0 Å². The molecule has 0 aliphatic carbocycles. The number of aryl methyl sites for hydroxylation is 1. The average molecular weight is 301 g/mol. The topological polar surface area (TPSA) is 17.1 Å². The lowest BCUT2D eigenvalue weighted by molar-refractivity contribution is 0.0982. The Morgan fingerprint density at radius 2 is 1.52 bits per heavy atom. The summed E-state index contributed by atoms with van der Waals surface area (Å²) in [5.41, 5.74) is 4.47. The van der Waals surface area contributed by atoms with Gasteiger partial charge in [-0.15, -0.1) is 11.6 Å². The highest BCUT2D eigenvalue weighted by Gasteiger charge is 2.05. The Bertz CT molecular complexity index is 570. The lowest BCUT2D eigenvalue weighted by atomic mass is 9.99. The summed E-state index contributed by atoms with van der Waals surface area (Å²) in [6.45, 7) is 2.19. The summed E-state index contributed by atoms with van der Waals surface area (Å²) < 4.78 is 0. The van der Waals surface area contributed by atoms with E-state index in [1.165, 1.54) is 17.5 Å². The Morgan fingerprint density at radius 1 is 0.952 bits per heavy atom. The number of ketones is 1. The van der Waals surface area contributed by atoms with Crippen LogP contribution >= 0.6 is 11.6 Å². The molecule has 0 atom stereocenters. The Labute approximate surface area is 132 Å². The molecule has 0 radical (unpaired) electrons. The quantitative estimate of drug-likeness (QED) is 0.487. The maximum atomic E-state index is 11.9. The van der Waals surface area contributed by atoms with Crippen LogP contribution in [0.2, 0.25) is 0 Å². The van der Waals surface area contributed by atoms with E-state index in [9.17, 15) is 4.79 Å². The van der Waals surface area contributed by atoms with Gasteiger partial charge in [-0.05, 0) is 29.5 Å². The molecule has 2 aromatic carbocycles. The van der Waals surface area contributed by atoms with E-state index in [2.05, 4.69) is 31.2 Å². The number of carbonyl (C=O) groups excluding carboxylic acids is 1. The van der Waals surface area contributed by atoms with Crippen molar-refractivity contribution in [3.63, 3.8) is 0 Å². The number of rotatable bonds is 7. The Balaban J connectivity index is 2.09. The first-order chi connectivity index (χ1) is 10.2. The molecule has 2 heteroatoms. The molecule has 110 valence electrons. The largest absolute Gasteiger partial charge is 0.294 e. The third kappa shape index (κ3) is 4.44. The van der Waals surface area contributed by atoms with E-state index in [1.54, 1.807) is 0 Å². The number of alkyl halides is 1. The third-order valence-electron chi connectivity index (χ3n) is 3.57. The summed E-state index contributed by atoms with van der Waals surface area (Å²) in [5.74, 6) is 0.703. The van der Waals surface area contributed by atoms with Crippen molar-refractivity contribution in [1.29, 1.82) is 0 Å². The highest BCUT2D eigenvalue weighted by Crippen LogP contribution is 2.21. The minimum atomic E-state index is 0.167. The first-order valence-corrected chi connectivity index (χ1v) is 8.06. The predicted molar refractivity (Wildman–Crippen MR) is 90.2 cm³/mol. The van der Waals surface area contributed by atoms with Gasteiger partial charge in [0.1, 0.15) is 0 Å². The second-order valence-corrected chi connectivity index (χ2v) is 5.62. The number of halogens is 1. The van der Waals surface area contributed by atoms with Crippen molar-refractivity contribution in [2.45, 2.75) is 32.6 Å². The molecular weight excluding hydrogens is 280 g/mol. The van der Waals surface area contributed by atoms with Crippen LogP contribution < -0.4 is 0 Å². The number of Topliss-reactive ketones (excluding diaryl/α,β-unsaturated/α-hetero) is 1. The van der Waals surface area contributed by atoms with Crippen molar-refractivity contribution in [3.8, 4) is 11.1 Å². The van der Waals surface area contributed by atoms with Crippen LogP contribution in [0.4, 0.5) is 0 Å². The van der Waals surface area contributed by atoms with Gasteiger partial charge in [-0.2, -0.15) is 0 Å². The smallest absolute Gasteiger partial charge is 0.162 e. The summed E-state index contributed by atoms with van der Waals surface area (Å²) in [6, 6.07) is 16.5. The molecular formula is C19H21ClO. The lowest BCUT2D eigenvalue weighted by Gasteiger charge is -2.05. The summed E-state index contributed by atoms with van der Waals surface area (Å²) in [7, 11) is 0. The van der Waals surface area contributed by atoms with Crippen LogP contribution in [0, 0.1) is 0 Å². The molecule has 21 heavy (non-hydrogen) atoms. The van der Waals surface area contributed by atoms with Crippen molar-refractivity contribution in [2.24, 2.45) is 0 Å². The third-order valence-corrected chi connectivity index (χ3v) is 3.84. The minimum absolute atomic E-state index is 0.167. The summed E-state index contributed by atoms with van der Waals surface area (Å²) in [5, 5.41) is 0. The molecule has 2 rings (SSSR count). The molecule has 2 aromatic rings. The van der Waals surface area contributed by atoms with Gasteiger partial charge < -0.3 is 0 Å². The highest BCUT2D eigenvalue weighted by atomic mass is 35.5. The molecule has 0 bridgehead atoms. The molecule has 0 unspecified atom stereocenters. The molecule has 0 aliphatic rings. The molecule has 1 nitrogen and oxygen atoms in total. The second kappa shape index (κ2) is 7.99.